The van der Waals surface area contributed by atoms with Crippen LogP contribution in [0.1, 0.15) is 90.5 Å². The quantitative estimate of drug-likeness (QED) is 0.608. The van der Waals surface area contributed by atoms with Gasteiger partial charge in [0.15, 0.2) is 0 Å². The van der Waals surface area contributed by atoms with Gasteiger partial charge in [0.2, 0.25) is 5.91 Å². The molecule has 4 atom stereocenters. The van der Waals surface area contributed by atoms with Crippen molar-refractivity contribution in [3.05, 3.63) is 35.9 Å². The van der Waals surface area contributed by atoms with Crippen LogP contribution in [0.2, 0.25) is 0 Å². The molecular formula is C26H40FNO. The lowest BCUT2D eigenvalue weighted by Gasteiger charge is -2.54. The third kappa shape index (κ3) is 5.22. The molecule has 0 aliphatic heterocycles. The van der Waals surface area contributed by atoms with E-state index in [-0.39, 0.29) is 17.5 Å². The maximum atomic E-state index is 13.4. The van der Waals surface area contributed by atoms with Crippen molar-refractivity contribution in [3.63, 3.8) is 0 Å². The minimum Gasteiger partial charge on any atom is -0.353 e. The Morgan fingerprint density at radius 3 is 2.41 bits per heavy atom. The number of benzene rings is 1. The largest absolute Gasteiger partial charge is 0.353 e. The van der Waals surface area contributed by atoms with Gasteiger partial charge in [-0.2, -0.15) is 0 Å². The smallest absolute Gasteiger partial charge is 0.226 e. The summed E-state index contributed by atoms with van der Waals surface area (Å²) in [4.78, 5) is 13.4. The summed E-state index contributed by atoms with van der Waals surface area (Å²) in [5, 5.41) is 3.46. The molecule has 0 radical (unpaired) electrons. The Bertz CT molecular complexity index is 652. The van der Waals surface area contributed by atoms with Crippen molar-refractivity contribution >= 4 is 5.91 Å². The van der Waals surface area contributed by atoms with Crippen LogP contribution in [0.3, 0.4) is 0 Å². The molecule has 29 heavy (non-hydrogen) atoms. The molecular weight excluding hydrogens is 361 g/mol. The zero-order valence-corrected chi connectivity index (χ0v) is 18.7. The predicted molar refractivity (Wildman–Crippen MR) is 119 cm³/mol. The second kappa shape index (κ2) is 9.62. The van der Waals surface area contributed by atoms with Gasteiger partial charge in [0, 0.05) is 11.5 Å². The molecule has 0 saturated heterocycles. The van der Waals surface area contributed by atoms with Gasteiger partial charge in [0.25, 0.3) is 0 Å². The molecule has 3 aliphatic rings. The van der Waals surface area contributed by atoms with Gasteiger partial charge in [0.1, 0.15) is 0 Å². The maximum Gasteiger partial charge on any atom is 0.226 e. The number of rotatable bonds is 3. The average molecular weight is 402 g/mol. The number of alkyl halides is 1. The number of hydrogen-bond donors (Lipinski definition) is 1. The number of carbonyl (C=O) groups is 1. The highest BCUT2D eigenvalue weighted by Crippen LogP contribution is 2.58. The summed E-state index contributed by atoms with van der Waals surface area (Å²) in [6.07, 6.45) is 12.1. The van der Waals surface area contributed by atoms with Crippen molar-refractivity contribution in [2.45, 2.75) is 96.4 Å². The first-order chi connectivity index (χ1) is 13.9. The first-order valence-corrected chi connectivity index (χ1v) is 11.8. The van der Waals surface area contributed by atoms with Crippen LogP contribution < -0.4 is 5.32 Å². The van der Waals surface area contributed by atoms with Crippen LogP contribution >= 0.6 is 0 Å². The van der Waals surface area contributed by atoms with E-state index in [1.54, 1.807) is 0 Å². The molecule has 1 amide bonds. The molecule has 3 heteroatoms. The number of carbonyl (C=O) groups excluding carboxylic acids is 1. The number of fused-ring (bicyclic) bond motifs is 2. The number of halogens is 1. The molecule has 3 aliphatic carbocycles. The minimum atomic E-state index is -0.250. The summed E-state index contributed by atoms with van der Waals surface area (Å²) in [5.41, 5.74) is 1.45. The minimum absolute atomic E-state index is 0.195. The van der Waals surface area contributed by atoms with E-state index in [2.05, 4.69) is 49.5 Å². The van der Waals surface area contributed by atoms with Gasteiger partial charge in [-0.15, -0.1) is 0 Å². The average Bonchev–Trinajstić information content (AvgIpc) is 2.69. The first-order valence-electron chi connectivity index (χ1n) is 11.8. The summed E-state index contributed by atoms with van der Waals surface area (Å²) in [5.74, 6) is 1.79. The Kier molecular flexibility index (Phi) is 7.40. The van der Waals surface area contributed by atoms with Gasteiger partial charge in [-0.25, -0.2) is 0 Å². The molecule has 4 unspecified atom stereocenters. The Labute approximate surface area is 177 Å². The molecule has 0 heterocycles. The predicted octanol–water partition coefficient (Wildman–Crippen LogP) is 6.59. The molecule has 2 bridgehead atoms. The van der Waals surface area contributed by atoms with Crippen LogP contribution in [0.15, 0.2) is 30.3 Å². The molecule has 3 saturated carbocycles. The molecule has 3 fully saturated rings. The van der Waals surface area contributed by atoms with Crippen molar-refractivity contribution in [1.29, 1.82) is 0 Å². The molecule has 0 spiro atoms. The summed E-state index contributed by atoms with van der Waals surface area (Å²) >= 11 is 0. The molecule has 4 rings (SSSR count). The lowest BCUT2D eigenvalue weighted by molar-refractivity contribution is -0.137. The highest BCUT2D eigenvalue weighted by molar-refractivity contribution is 5.83. The Balaban J connectivity index is 0.000000755. The third-order valence-electron chi connectivity index (χ3n) is 7.50. The van der Waals surface area contributed by atoms with Crippen molar-refractivity contribution < 1.29 is 9.18 Å². The van der Waals surface area contributed by atoms with E-state index in [9.17, 15) is 9.18 Å². The first kappa shape index (κ1) is 22.3. The van der Waals surface area contributed by atoms with E-state index >= 15 is 0 Å². The second-order valence-electron chi connectivity index (χ2n) is 10.3. The highest BCUT2D eigenvalue weighted by atomic mass is 19.1. The van der Waals surface area contributed by atoms with Crippen LogP contribution in [0.4, 0.5) is 4.39 Å². The van der Waals surface area contributed by atoms with Crippen LogP contribution in [-0.2, 0) is 10.2 Å². The molecule has 1 N–H and O–H groups in total. The van der Waals surface area contributed by atoms with Gasteiger partial charge >= 0.3 is 0 Å². The van der Waals surface area contributed by atoms with Gasteiger partial charge in [-0.3, -0.25) is 9.18 Å². The summed E-state index contributed by atoms with van der Waals surface area (Å²) in [6.45, 7) is 5.87. The third-order valence-corrected chi connectivity index (χ3v) is 7.50. The topological polar surface area (TPSA) is 29.1 Å². The van der Waals surface area contributed by atoms with Crippen molar-refractivity contribution in [2.75, 3.05) is 6.67 Å². The fourth-order valence-corrected chi connectivity index (χ4v) is 6.70. The molecule has 1 aromatic rings. The lowest BCUT2D eigenvalue weighted by atomic mass is 9.50. The second-order valence-corrected chi connectivity index (χ2v) is 10.3. The normalized spacial score (nSPS) is 34.6. The van der Waals surface area contributed by atoms with E-state index in [0.29, 0.717) is 17.9 Å². The number of hydrogen-bond acceptors (Lipinski definition) is 1. The number of amides is 1. The van der Waals surface area contributed by atoms with Crippen molar-refractivity contribution in [2.24, 2.45) is 17.3 Å². The fourth-order valence-electron chi connectivity index (χ4n) is 6.70. The molecule has 0 aromatic heterocycles. The summed E-state index contributed by atoms with van der Waals surface area (Å²) in [6, 6.07) is 11.5. The Morgan fingerprint density at radius 1 is 1.10 bits per heavy atom. The van der Waals surface area contributed by atoms with Crippen LogP contribution in [-0.4, -0.2) is 18.6 Å². The van der Waals surface area contributed by atoms with Crippen molar-refractivity contribution in [1.82, 2.24) is 5.32 Å². The maximum absolute atomic E-state index is 13.4. The number of nitrogens with one attached hydrogen (secondary N) is 1. The van der Waals surface area contributed by atoms with Crippen molar-refractivity contribution in [3.8, 4) is 0 Å². The van der Waals surface area contributed by atoms with E-state index in [1.807, 2.05) is 0 Å². The van der Waals surface area contributed by atoms with E-state index < -0.39 is 0 Å². The Hall–Kier alpha value is -1.38. The summed E-state index contributed by atoms with van der Waals surface area (Å²) in [7, 11) is 0. The molecule has 2 nitrogen and oxygen atoms in total. The van der Waals surface area contributed by atoms with E-state index in [1.165, 1.54) is 63.9 Å². The standard InChI is InChI=1S/C24H35NO.C2H5F/c1-18-13-19-15-23(2,22(26)25-21-11-7-4-8-12-21)17-24(14-18,16-19)20-9-5-3-6-10-20;1-2-3/h3,5-6,9-10,18-19,21H,4,7-8,11-17H2,1-2H3,(H,25,26);2H2,1H3. The van der Waals surface area contributed by atoms with Gasteiger partial charge in [-0.05, 0) is 74.7 Å². The lowest BCUT2D eigenvalue weighted by Crippen LogP contribution is -2.53. The van der Waals surface area contributed by atoms with Crippen LogP contribution in [0.25, 0.3) is 0 Å². The fraction of sp³-hybridized carbons (Fsp3) is 0.731. The zero-order valence-electron chi connectivity index (χ0n) is 18.7. The van der Waals surface area contributed by atoms with Crippen LogP contribution in [0, 0.1) is 17.3 Å². The van der Waals surface area contributed by atoms with E-state index in [0.717, 1.165) is 18.8 Å². The molecule has 1 aromatic carbocycles. The summed E-state index contributed by atoms with van der Waals surface area (Å²) < 4.78 is 10.3. The highest BCUT2D eigenvalue weighted by Gasteiger charge is 2.53. The zero-order chi connectivity index (χ0) is 20.9. The molecule has 162 valence electrons. The SMILES string of the molecule is CC1CC2CC(C)(C(=O)NC3CCCCC3)CC(c3ccccc3)(C1)C2.CCF. The van der Waals surface area contributed by atoms with Gasteiger partial charge in [0.05, 0.1) is 6.67 Å². The van der Waals surface area contributed by atoms with Gasteiger partial charge < -0.3 is 5.32 Å². The van der Waals surface area contributed by atoms with Crippen LogP contribution in [0.5, 0.6) is 0 Å². The van der Waals surface area contributed by atoms with Gasteiger partial charge in [-0.1, -0.05) is 63.4 Å². The Morgan fingerprint density at radius 2 is 1.76 bits per heavy atom. The monoisotopic (exact) mass is 401 g/mol. The van der Waals surface area contributed by atoms with E-state index in [4.69, 9.17) is 0 Å².